The molecule has 1 aromatic rings. The van der Waals surface area contributed by atoms with E-state index in [1.165, 1.54) is 6.92 Å². The Labute approximate surface area is 156 Å². The summed E-state index contributed by atoms with van der Waals surface area (Å²) in [6.45, 7) is 5.26. The normalized spacial score (nSPS) is 21.3. The van der Waals surface area contributed by atoms with Crippen molar-refractivity contribution in [2.75, 3.05) is 13.6 Å². The second kappa shape index (κ2) is 8.45. The lowest BCUT2D eigenvalue weighted by Gasteiger charge is -2.24. The van der Waals surface area contributed by atoms with Crippen LogP contribution in [0.15, 0.2) is 24.3 Å². The van der Waals surface area contributed by atoms with Crippen LogP contribution in [0, 0.1) is 11.8 Å². The number of rotatable bonds is 6. The standard InChI is InChI=1S/C20H28N2O4/c1-12(2)18(24)16(23)11-13(3)19(25)21-17-15-8-6-5-7-14(15)9-10-22(4)20(17)26/h5-8,12-13,17-18,24H,9-11H2,1-4H3,(H,21,25)/t13-,17+,18+/m1/s1/i13D. The molecule has 0 fully saturated rings. The van der Waals surface area contributed by atoms with Gasteiger partial charge in [0, 0.05) is 27.3 Å². The van der Waals surface area contributed by atoms with Crippen molar-refractivity contribution < 1.29 is 20.9 Å². The lowest BCUT2D eigenvalue weighted by molar-refractivity contribution is -0.137. The molecule has 2 N–H and O–H groups in total. The van der Waals surface area contributed by atoms with E-state index in [4.69, 9.17) is 1.37 Å². The van der Waals surface area contributed by atoms with Crippen molar-refractivity contribution in [3.05, 3.63) is 35.4 Å². The van der Waals surface area contributed by atoms with Gasteiger partial charge < -0.3 is 15.3 Å². The minimum Gasteiger partial charge on any atom is -0.385 e. The van der Waals surface area contributed by atoms with Crippen LogP contribution < -0.4 is 5.32 Å². The molecule has 26 heavy (non-hydrogen) atoms. The van der Waals surface area contributed by atoms with Crippen LogP contribution in [0.1, 0.15) is 45.7 Å². The van der Waals surface area contributed by atoms with Gasteiger partial charge in [-0.15, -0.1) is 0 Å². The van der Waals surface area contributed by atoms with Gasteiger partial charge in [0.2, 0.25) is 11.8 Å². The van der Waals surface area contributed by atoms with Crippen molar-refractivity contribution in [2.45, 2.75) is 45.8 Å². The maximum Gasteiger partial charge on any atom is 0.249 e. The molecule has 142 valence electrons. The Balaban J connectivity index is 2.22. The number of benzene rings is 1. The van der Waals surface area contributed by atoms with Gasteiger partial charge in [-0.2, -0.15) is 0 Å². The summed E-state index contributed by atoms with van der Waals surface area (Å²) in [6, 6.07) is 6.51. The van der Waals surface area contributed by atoms with Crippen LogP contribution in [-0.4, -0.2) is 47.3 Å². The molecule has 3 atom stereocenters. The van der Waals surface area contributed by atoms with Gasteiger partial charge in [0.15, 0.2) is 5.78 Å². The fourth-order valence-electron chi connectivity index (χ4n) is 3.01. The highest BCUT2D eigenvalue weighted by atomic mass is 16.3. The topological polar surface area (TPSA) is 86.7 Å². The smallest absolute Gasteiger partial charge is 0.249 e. The van der Waals surface area contributed by atoms with Gasteiger partial charge in [-0.1, -0.05) is 45.0 Å². The molecule has 6 nitrogen and oxygen atoms in total. The Bertz CT molecular complexity index is 732. The molecule has 0 spiro atoms. The molecule has 0 bridgehead atoms. The number of hydrogen-bond donors (Lipinski definition) is 2. The third-order valence-corrected chi connectivity index (χ3v) is 4.77. The molecule has 0 unspecified atom stereocenters. The fraction of sp³-hybridized carbons (Fsp3) is 0.550. The van der Waals surface area contributed by atoms with Crippen LogP contribution in [0.3, 0.4) is 0 Å². The summed E-state index contributed by atoms with van der Waals surface area (Å²) in [6.07, 6.45) is -0.952. The molecule has 6 heteroatoms. The summed E-state index contributed by atoms with van der Waals surface area (Å²) in [5.74, 6) is -3.59. The van der Waals surface area contributed by atoms with E-state index in [0.717, 1.165) is 5.56 Å². The minimum absolute atomic E-state index is 0.252. The average molecular weight is 361 g/mol. The zero-order chi connectivity index (χ0) is 20.4. The third kappa shape index (κ3) is 4.49. The van der Waals surface area contributed by atoms with Crippen LogP contribution >= 0.6 is 0 Å². The first-order valence-electron chi connectivity index (χ1n) is 9.39. The average Bonchev–Trinajstić information content (AvgIpc) is 2.72. The van der Waals surface area contributed by atoms with Crippen molar-refractivity contribution >= 4 is 17.6 Å². The van der Waals surface area contributed by atoms with Crippen molar-refractivity contribution in [1.82, 2.24) is 10.2 Å². The van der Waals surface area contributed by atoms with Gasteiger partial charge in [0.05, 0.1) is 0 Å². The van der Waals surface area contributed by atoms with Gasteiger partial charge in [0.1, 0.15) is 12.1 Å². The van der Waals surface area contributed by atoms with E-state index in [1.807, 2.05) is 12.1 Å². The molecule has 1 aliphatic heterocycles. The van der Waals surface area contributed by atoms with Gasteiger partial charge in [-0.3, -0.25) is 14.4 Å². The first kappa shape index (κ1) is 18.6. The monoisotopic (exact) mass is 361 g/mol. The largest absolute Gasteiger partial charge is 0.385 e. The van der Waals surface area contributed by atoms with Crippen LogP contribution in [-0.2, 0) is 20.8 Å². The molecule has 2 rings (SSSR count). The van der Waals surface area contributed by atoms with E-state index in [1.54, 1.807) is 37.9 Å². The highest BCUT2D eigenvalue weighted by Gasteiger charge is 2.32. The third-order valence-electron chi connectivity index (χ3n) is 4.77. The van der Waals surface area contributed by atoms with E-state index in [2.05, 4.69) is 5.32 Å². The predicted molar refractivity (Wildman–Crippen MR) is 98.3 cm³/mol. The molecular formula is C20H28N2O4. The lowest BCUT2D eigenvalue weighted by atomic mass is 9.94. The zero-order valence-corrected chi connectivity index (χ0v) is 15.8. The highest BCUT2D eigenvalue weighted by Crippen LogP contribution is 2.25. The number of carbonyl (C=O) groups is 3. The number of nitrogens with one attached hydrogen (secondary N) is 1. The van der Waals surface area contributed by atoms with Crippen LogP contribution in [0.4, 0.5) is 0 Å². The van der Waals surface area contributed by atoms with Crippen molar-refractivity contribution in [1.29, 1.82) is 0 Å². The second-order valence-corrected chi connectivity index (χ2v) is 7.23. The Morgan fingerprint density at radius 3 is 2.65 bits per heavy atom. The molecule has 2 amide bonds. The molecule has 0 saturated carbocycles. The molecule has 1 aromatic carbocycles. The van der Waals surface area contributed by atoms with Crippen molar-refractivity contribution in [3.63, 3.8) is 0 Å². The van der Waals surface area contributed by atoms with Crippen molar-refractivity contribution in [2.24, 2.45) is 11.8 Å². The molecule has 0 aliphatic carbocycles. The van der Waals surface area contributed by atoms with E-state index >= 15 is 0 Å². The van der Waals surface area contributed by atoms with E-state index in [-0.39, 0.29) is 11.8 Å². The lowest BCUT2D eigenvalue weighted by Crippen LogP contribution is -2.43. The number of carbonyl (C=O) groups excluding carboxylic acids is 3. The molecule has 0 aromatic heterocycles. The Kier molecular flexibility index (Phi) is 6.04. The number of aliphatic hydroxyl groups is 1. The summed E-state index contributed by atoms with van der Waals surface area (Å²) in [7, 11) is 1.68. The number of fused-ring (bicyclic) bond motifs is 1. The molecule has 1 aliphatic rings. The Morgan fingerprint density at radius 2 is 2.00 bits per heavy atom. The quantitative estimate of drug-likeness (QED) is 0.803. The van der Waals surface area contributed by atoms with Gasteiger partial charge >= 0.3 is 0 Å². The first-order valence-corrected chi connectivity index (χ1v) is 8.89. The number of aliphatic hydroxyl groups excluding tert-OH is 1. The van der Waals surface area contributed by atoms with Crippen LogP contribution in [0.25, 0.3) is 0 Å². The SMILES string of the molecule is [2H][C@@](C)(CC(=O)[C@@H](O)C(C)C)C(=O)N[C@@H]1C(=O)N(C)CCc2ccccc21. The van der Waals surface area contributed by atoms with Crippen LogP contribution in [0.5, 0.6) is 0 Å². The summed E-state index contributed by atoms with van der Waals surface area (Å²) in [5, 5.41) is 12.5. The zero-order valence-electron chi connectivity index (χ0n) is 16.8. The number of hydrogen-bond acceptors (Lipinski definition) is 4. The second-order valence-electron chi connectivity index (χ2n) is 7.23. The number of Topliss-reactive ketones (excluding diaryl/α,β-unsaturated/α-hetero) is 1. The summed E-state index contributed by atoms with van der Waals surface area (Å²) >= 11 is 0. The summed E-state index contributed by atoms with van der Waals surface area (Å²) in [4.78, 5) is 39.2. The number of ketones is 1. The first-order chi connectivity index (χ1) is 12.5. The summed E-state index contributed by atoms with van der Waals surface area (Å²) in [5.41, 5.74) is 1.68. The Morgan fingerprint density at radius 1 is 1.35 bits per heavy atom. The number of nitrogens with zero attached hydrogens (tertiary/aromatic N) is 1. The Hall–Kier alpha value is -2.21. The predicted octanol–water partition coefficient (Wildman–Crippen LogP) is 1.47. The molecule has 0 radical (unpaired) electrons. The maximum atomic E-state index is 12.7. The van der Waals surface area contributed by atoms with E-state index in [0.29, 0.717) is 18.5 Å². The van der Waals surface area contributed by atoms with Gasteiger partial charge in [0.25, 0.3) is 0 Å². The fourth-order valence-corrected chi connectivity index (χ4v) is 3.01. The van der Waals surface area contributed by atoms with Gasteiger partial charge in [-0.25, -0.2) is 0 Å². The molecule has 0 saturated heterocycles. The molecule has 1 heterocycles. The summed E-state index contributed by atoms with van der Waals surface area (Å²) < 4.78 is 8.30. The van der Waals surface area contributed by atoms with Crippen LogP contribution in [0.2, 0.25) is 0 Å². The number of amides is 2. The van der Waals surface area contributed by atoms with Gasteiger partial charge in [-0.05, 0) is 23.5 Å². The molecular weight excluding hydrogens is 332 g/mol. The minimum atomic E-state index is -1.78. The van der Waals surface area contributed by atoms with E-state index in [9.17, 15) is 19.5 Å². The maximum absolute atomic E-state index is 12.7. The number of likely N-dealkylation sites (N-methyl/N-ethyl adjacent to an activating group) is 1. The van der Waals surface area contributed by atoms with E-state index < -0.39 is 36.2 Å². The highest BCUT2D eigenvalue weighted by molar-refractivity contribution is 5.92. The van der Waals surface area contributed by atoms with Crippen molar-refractivity contribution in [3.8, 4) is 0 Å².